The summed E-state index contributed by atoms with van der Waals surface area (Å²) in [6.45, 7) is 11.5. The minimum absolute atomic E-state index is 0.853. The number of rotatable bonds is 11. The van der Waals surface area contributed by atoms with Crippen LogP contribution in [0.1, 0.15) is 59.3 Å². The van der Waals surface area contributed by atoms with Crippen molar-refractivity contribution in [2.75, 3.05) is 26.2 Å². The van der Waals surface area contributed by atoms with Crippen molar-refractivity contribution in [3.8, 4) is 0 Å². The molecule has 2 heteroatoms. The zero-order valence-electron chi connectivity index (χ0n) is 11.7. The first-order valence-electron chi connectivity index (χ1n) is 7.20. The highest BCUT2D eigenvalue weighted by molar-refractivity contribution is 4.62. The van der Waals surface area contributed by atoms with E-state index in [1.54, 1.807) is 0 Å². The van der Waals surface area contributed by atoms with Crippen LogP contribution in [0.25, 0.3) is 0 Å². The quantitative estimate of drug-likeness (QED) is 0.588. The van der Waals surface area contributed by atoms with Crippen molar-refractivity contribution < 1.29 is 0 Å². The molecule has 16 heavy (non-hydrogen) atoms. The van der Waals surface area contributed by atoms with E-state index >= 15 is 0 Å². The second-order valence-electron chi connectivity index (χ2n) is 4.84. The summed E-state index contributed by atoms with van der Waals surface area (Å²) in [6.07, 6.45) is 7.76. The lowest BCUT2D eigenvalue weighted by Crippen LogP contribution is -2.27. The molecule has 0 aliphatic rings. The standard InChI is InChI=1S/C14H32N2/c1-4-11-16(12-5-2)13-7-8-14(6-3)9-10-15/h14H,4-13,15H2,1-3H3. The van der Waals surface area contributed by atoms with E-state index in [4.69, 9.17) is 5.73 Å². The normalized spacial score (nSPS) is 13.3. The lowest BCUT2D eigenvalue weighted by molar-refractivity contribution is 0.258. The first kappa shape index (κ1) is 15.9. The highest BCUT2D eigenvalue weighted by atomic mass is 15.1. The fourth-order valence-electron chi connectivity index (χ4n) is 2.36. The average molecular weight is 228 g/mol. The second-order valence-corrected chi connectivity index (χ2v) is 4.84. The number of hydrogen-bond donors (Lipinski definition) is 1. The summed E-state index contributed by atoms with van der Waals surface area (Å²) >= 11 is 0. The Morgan fingerprint density at radius 3 is 2.00 bits per heavy atom. The molecule has 2 nitrogen and oxygen atoms in total. The van der Waals surface area contributed by atoms with Crippen molar-refractivity contribution in [3.05, 3.63) is 0 Å². The first-order chi connectivity index (χ1) is 7.78. The van der Waals surface area contributed by atoms with Gasteiger partial charge >= 0.3 is 0 Å². The third kappa shape index (κ3) is 8.12. The van der Waals surface area contributed by atoms with E-state index in [0.717, 1.165) is 12.5 Å². The maximum atomic E-state index is 5.62. The second kappa shape index (κ2) is 11.4. The molecule has 1 unspecified atom stereocenters. The predicted molar refractivity (Wildman–Crippen MR) is 73.7 cm³/mol. The van der Waals surface area contributed by atoms with Gasteiger partial charge in [-0.2, -0.15) is 0 Å². The van der Waals surface area contributed by atoms with Gasteiger partial charge in [-0.3, -0.25) is 0 Å². The van der Waals surface area contributed by atoms with E-state index in [1.165, 1.54) is 58.2 Å². The van der Waals surface area contributed by atoms with Gasteiger partial charge in [-0.1, -0.05) is 27.2 Å². The molecule has 0 amide bonds. The van der Waals surface area contributed by atoms with E-state index in [9.17, 15) is 0 Å². The Balaban J connectivity index is 3.65. The molecular formula is C14H32N2. The summed E-state index contributed by atoms with van der Waals surface area (Å²) in [4.78, 5) is 2.61. The lowest BCUT2D eigenvalue weighted by atomic mass is 9.96. The Hall–Kier alpha value is -0.0800. The van der Waals surface area contributed by atoms with Gasteiger partial charge in [0.25, 0.3) is 0 Å². The van der Waals surface area contributed by atoms with E-state index in [1.807, 2.05) is 0 Å². The fraction of sp³-hybridized carbons (Fsp3) is 1.00. The van der Waals surface area contributed by atoms with Crippen molar-refractivity contribution in [2.24, 2.45) is 11.7 Å². The summed E-state index contributed by atoms with van der Waals surface area (Å²) in [5, 5.41) is 0. The zero-order chi connectivity index (χ0) is 12.2. The Morgan fingerprint density at radius 1 is 0.938 bits per heavy atom. The summed E-state index contributed by atoms with van der Waals surface area (Å²) in [5.74, 6) is 0.857. The number of nitrogens with two attached hydrogens (primary N) is 1. The zero-order valence-corrected chi connectivity index (χ0v) is 11.7. The third-order valence-corrected chi connectivity index (χ3v) is 3.32. The van der Waals surface area contributed by atoms with Crippen LogP contribution in [0.2, 0.25) is 0 Å². The van der Waals surface area contributed by atoms with Gasteiger partial charge in [0.1, 0.15) is 0 Å². The summed E-state index contributed by atoms with van der Waals surface area (Å²) in [5.41, 5.74) is 5.62. The third-order valence-electron chi connectivity index (χ3n) is 3.32. The van der Waals surface area contributed by atoms with Crippen LogP contribution < -0.4 is 5.73 Å². The Kier molecular flexibility index (Phi) is 11.3. The van der Waals surface area contributed by atoms with Gasteiger partial charge in [-0.25, -0.2) is 0 Å². The fourth-order valence-corrected chi connectivity index (χ4v) is 2.36. The molecule has 0 heterocycles. The van der Waals surface area contributed by atoms with Crippen LogP contribution in [-0.4, -0.2) is 31.1 Å². The van der Waals surface area contributed by atoms with E-state index in [0.29, 0.717) is 0 Å². The molecule has 0 aromatic heterocycles. The SMILES string of the molecule is CCCN(CCC)CCCC(CC)CCN. The molecule has 0 aliphatic carbocycles. The largest absolute Gasteiger partial charge is 0.330 e. The molecule has 1 atom stereocenters. The van der Waals surface area contributed by atoms with Gasteiger partial charge < -0.3 is 10.6 Å². The van der Waals surface area contributed by atoms with E-state index in [2.05, 4.69) is 25.7 Å². The Bertz CT molecular complexity index is 131. The molecule has 0 spiro atoms. The molecule has 0 aromatic rings. The van der Waals surface area contributed by atoms with Crippen LogP contribution in [0.4, 0.5) is 0 Å². The lowest BCUT2D eigenvalue weighted by Gasteiger charge is -2.22. The van der Waals surface area contributed by atoms with Crippen molar-refractivity contribution >= 4 is 0 Å². The molecule has 0 saturated heterocycles. The average Bonchev–Trinajstić information content (AvgIpc) is 2.28. The molecule has 0 aliphatic heterocycles. The molecule has 0 saturated carbocycles. The van der Waals surface area contributed by atoms with Crippen LogP contribution in [0.3, 0.4) is 0 Å². The van der Waals surface area contributed by atoms with Crippen LogP contribution in [0.15, 0.2) is 0 Å². The molecule has 0 bridgehead atoms. The van der Waals surface area contributed by atoms with E-state index in [-0.39, 0.29) is 0 Å². The van der Waals surface area contributed by atoms with Crippen molar-refractivity contribution in [1.82, 2.24) is 4.90 Å². The van der Waals surface area contributed by atoms with Gasteiger partial charge in [-0.05, 0) is 64.2 Å². The Morgan fingerprint density at radius 2 is 1.56 bits per heavy atom. The highest BCUT2D eigenvalue weighted by Crippen LogP contribution is 2.14. The van der Waals surface area contributed by atoms with Gasteiger partial charge in [0.15, 0.2) is 0 Å². The monoisotopic (exact) mass is 228 g/mol. The van der Waals surface area contributed by atoms with Crippen LogP contribution in [0, 0.1) is 5.92 Å². The van der Waals surface area contributed by atoms with E-state index < -0.39 is 0 Å². The van der Waals surface area contributed by atoms with Crippen molar-refractivity contribution in [2.45, 2.75) is 59.3 Å². The summed E-state index contributed by atoms with van der Waals surface area (Å²) in [7, 11) is 0. The predicted octanol–water partition coefficient (Wildman–Crippen LogP) is 3.26. The van der Waals surface area contributed by atoms with Crippen LogP contribution in [0.5, 0.6) is 0 Å². The molecule has 98 valence electrons. The van der Waals surface area contributed by atoms with Crippen molar-refractivity contribution in [1.29, 1.82) is 0 Å². The summed E-state index contributed by atoms with van der Waals surface area (Å²) < 4.78 is 0. The smallest absolute Gasteiger partial charge is 0.00186 e. The molecule has 0 radical (unpaired) electrons. The van der Waals surface area contributed by atoms with Gasteiger partial charge in [0, 0.05) is 0 Å². The first-order valence-corrected chi connectivity index (χ1v) is 7.20. The van der Waals surface area contributed by atoms with Crippen LogP contribution >= 0.6 is 0 Å². The maximum absolute atomic E-state index is 5.62. The van der Waals surface area contributed by atoms with Crippen LogP contribution in [-0.2, 0) is 0 Å². The van der Waals surface area contributed by atoms with Crippen molar-refractivity contribution in [3.63, 3.8) is 0 Å². The van der Waals surface area contributed by atoms with Gasteiger partial charge in [0.2, 0.25) is 0 Å². The molecule has 0 fully saturated rings. The molecule has 2 N–H and O–H groups in total. The van der Waals surface area contributed by atoms with Gasteiger partial charge in [0.05, 0.1) is 0 Å². The summed E-state index contributed by atoms with van der Waals surface area (Å²) in [6, 6.07) is 0. The Labute approximate surface area is 103 Å². The van der Waals surface area contributed by atoms with Gasteiger partial charge in [-0.15, -0.1) is 0 Å². The number of nitrogens with zero attached hydrogens (tertiary/aromatic N) is 1. The maximum Gasteiger partial charge on any atom is -0.00186 e. The number of hydrogen-bond acceptors (Lipinski definition) is 2. The highest BCUT2D eigenvalue weighted by Gasteiger charge is 2.07. The molecule has 0 aromatic carbocycles. The minimum Gasteiger partial charge on any atom is -0.330 e. The molecule has 0 rings (SSSR count). The minimum atomic E-state index is 0.853. The topological polar surface area (TPSA) is 29.3 Å². The molecular weight excluding hydrogens is 196 g/mol.